The number of pyridine rings is 1. The maximum absolute atomic E-state index is 11.9. The summed E-state index contributed by atoms with van der Waals surface area (Å²) in [6.07, 6.45) is 5.46. The Morgan fingerprint density at radius 3 is 2.95 bits per heavy atom. The van der Waals surface area contributed by atoms with Gasteiger partial charge < -0.3 is 4.74 Å². The van der Waals surface area contributed by atoms with Crippen molar-refractivity contribution >= 4 is 15.9 Å². The van der Waals surface area contributed by atoms with Gasteiger partial charge >= 0.3 is 0 Å². The SMILES string of the molecule is O=C(Cc1cccnc1)NS(=O)(=O)CC1CCCCO1. The number of hydrogen-bond donors (Lipinski definition) is 1. The minimum absolute atomic E-state index is 0.00140. The Hall–Kier alpha value is -1.47. The maximum atomic E-state index is 11.9. The Balaban J connectivity index is 1.85. The first-order valence-electron chi connectivity index (χ1n) is 6.59. The van der Waals surface area contributed by atoms with Gasteiger partial charge in [-0.25, -0.2) is 8.42 Å². The summed E-state index contributed by atoms with van der Waals surface area (Å²) in [7, 11) is -3.65. The predicted octanol–water partition coefficient (Wildman–Crippen LogP) is 0.639. The third kappa shape index (κ3) is 4.90. The minimum Gasteiger partial charge on any atom is -0.377 e. The van der Waals surface area contributed by atoms with Gasteiger partial charge in [0.05, 0.1) is 18.3 Å². The van der Waals surface area contributed by atoms with E-state index in [-0.39, 0.29) is 18.3 Å². The molecule has 1 aliphatic rings. The van der Waals surface area contributed by atoms with Crippen LogP contribution in [0.3, 0.4) is 0 Å². The summed E-state index contributed by atoms with van der Waals surface area (Å²) in [5.41, 5.74) is 0.675. The van der Waals surface area contributed by atoms with Crippen LogP contribution in [0.15, 0.2) is 24.5 Å². The highest BCUT2D eigenvalue weighted by Crippen LogP contribution is 2.14. The molecule has 1 aromatic rings. The van der Waals surface area contributed by atoms with E-state index in [1.54, 1.807) is 18.3 Å². The van der Waals surface area contributed by atoms with Crippen LogP contribution in [0, 0.1) is 0 Å². The molecule has 2 rings (SSSR count). The molecule has 1 aromatic heterocycles. The smallest absolute Gasteiger partial charge is 0.237 e. The van der Waals surface area contributed by atoms with Crippen LogP contribution in [0.1, 0.15) is 24.8 Å². The summed E-state index contributed by atoms with van der Waals surface area (Å²) in [5, 5.41) is 0. The Morgan fingerprint density at radius 2 is 2.30 bits per heavy atom. The van der Waals surface area contributed by atoms with Gasteiger partial charge in [-0.05, 0) is 30.9 Å². The maximum Gasteiger partial charge on any atom is 0.237 e. The molecule has 1 unspecified atom stereocenters. The molecular formula is C13H18N2O4S. The lowest BCUT2D eigenvalue weighted by atomic mass is 10.1. The molecule has 1 atom stereocenters. The predicted molar refractivity (Wildman–Crippen MR) is 73.5 cm³/mol. The second kappa shape index (κ2) is 6.81. The van der Waals surface area contributed by atoms with E-state index in [4.69, 9.17) is 4.74 Å². The quantitative estimate of drug-likeness (QED) is 0.862. The van der Waals surface area contributed by atoms with Crippen molar-refractivity contribution in [3.8, 4) is 0 Å². The highest BCUT2D eigenvalue weighted by atomic mass is 32.2. The first-order valence-corrected chi connectivity index (χ1v) is 8.24. The van der Waals surface area contributed by atoms with Gasteiger partial charge in [0, 0.05) is 19.0 Å². The molecule has 1 fully saturated rings. The van der Waals surface area contributed by atoms with Crippen LogP contribution in [0.5, 0.6) is 0 Å². The van der Waals surface area contributed by atoms with E-state index in [9.17, 15) is 13.2 Å². The number of amides is 1. The Kier molecular flexibility index (Phi) is 5.08. The Morgan fingerprint density at radius 1 is 1.45 bits per heavy atom. The van der Waals surface area contributed by atoms with E-state index in [1.807, 2.05) is 0 Å². The highest BCUT2D eigenvalue weighted by molar-refractivity contribution is 7.90. The standard InChI is InChI=1S/C13H18N2O4S/c16-13(8-11-4-3-6-14-9-11)15-20(17,18)10-12-5-1-2-7-19-12/h3-4,6,9,12H,1-2,5,7-8,10H2,(H,15,16). The summed E-state index contributed by atoms with van der Waals surface area (Å²) in [6, 6.07) is 3.43. The number of carbonyl (C=O) groups is 1. The van der Waals surface area contributed by atoms with E-state index in [2.05, 4.69) is 9.71 Å². The number of nitrogens with one attached hydrogen (secondary N) is 1. The molecule has 1 saturated heterocycles. The normalized spacial score (nSPS) is 19.5. The summed E-state index contributed by atoms with van der Waals surface area (Å²) in [5.74, 6) is -0.708. The number of rotatable bonds is 5. The van der Waals surface area contributed by atoms with Crippen LogP contribution in [0.2, 0.25) is 0 Å². The van der Waals surface area contributed by atoms with Crippen molar-refractivity contribution in [3.05, 3.63) is 30.1 Å². The molecule has 1 amide bonds. The highest BCUT2D eigenvalue weighted by Gasteiger charge is 2.23. The molecule has 0 spiro atoms. The van der Waals surface area contributed by atoms with Crippen molar-refractivity contribution in [1.82, 2.24) is 9.71 Å². The van der Waals surface area contributed by atoms with Crippen molar-refractivity contribution in [3.63, 3.8) is 0 Å². The molecule has 20 heavy (non-hydrogen) atoms. The van der Waals surface area contributed by atoms with Crippen LogP contribution in [-0.2, 0) is 26.0 Å². The van der Waals surface area contributed by atoms with Gasteiger partial charge in [-0.15, -0.1) is 0 Å². The molecule has 6 nitrogen and oxygen atoms in total. The van der Waals surface area contributed by atoms with Crippen LogP contribution in [0.25, 0.3) is 0 Å². The van der Waals surface area contributed by atoms with Crippen molar-refractivity contribution in [1.29, 1.82) is 0 Å². The van der Waals surface area contributed by atoms with Gasteiger partial charge in [0.15, 0.2) is 0 Å². The molecule has 0 aliphatic carbocycles. The number of aromatic nitrogens is 1. The number of hydrogen-bond acceptors (Lipinski definition) is 5. The van der Waals surface area contributed by atoms with Crippen molar-refractivity contribution in [2.24, 2.45) is 0 Å². The topological polar surface area (TPSA) is 85.4 Å². The fourth-order valence-corrected chi connectivity index (χ4v) is 3.38. The van der Waals surface area contributed by atoms with Gasteiger partial charge in [-0.1, -0.05) is 6.07 Å². The Bertz CT molecular complexity index is 539. The third-order valence-electron chi connectivity index (χ3n) is 3.04. The van der Waals surface area contributed by atoms with Gasteiger partial charge in [-0.3, -0.25) is 14.5 Å². The molecule has 110 valence electrons. The lowest BCUT2D eigenvalue weighted by molar-refractivity contribution is -0.118. The summed E-state index contributed by atoms with van der Waals surface area (Å²) in [4.78, 5) is 15.6. The molecule has 7 heteroatoms. The zero-order chi connectivity index (χ0) is 14.4. The van der Waals surface area contributed by atoms with Gasteiger partial charge in [0.2, 0.25) is 15.9 Å². The van der Waals surface area contributed by atoms with Crippen molar-refractivity contribution in [2.75, 3.05) is 12.4 Å². The summed E-state index contributed by atoms with van der Waals surface area (Å²) in [6.45, 7) is 0.587. The molecular weight excluding hydrogens is 280 g/mol. The number of ether oxygens (including phenoxy) is 1. The average molecular weight is 298 g/mol. The van der Waals surface area contributed by atoms with Crippen LogP contribution in [0.4, 0.5) is 0 Å². The van der Waals surface area contributed by atoms with E-state index in [0.29, 0.717) is 12.2 Å². The fraction of sp³-hybridized carbons (Fsp3) is 0.538. The average Bonchev–Trinajstić information content (AvgIpc) is 2.39. The fourth-order valence-electron chi connectivity index (χ4n) is 2.12. The van der Waals surface area contributed by atoms with Gasteiger partial charge in [-0.2, -0.15) is 0 Å². The van der Waals surface area contributed by atoms with Gasteiger partial charge in [0.1, 0.15) is 0 Å². The molecule has 0 radical (unpaired) electrons. The molecule has 2 heterocycles. The largest absolute Gasteiger partial charge is 0.377 e. The monoisotopic (exact) mass is 298 g/mol. The zero-order valence-electron chi connectivity index (χ0n) is 11.1. The molecule has 0 saturated carbocycles. The lowest BCUT2D eigenvalue weighted by Gasteiger charge is -2.22. The zero-order valence-corrected chi connectivity index (χ0v) is 11.9. The van der Waals surface area contributed by atoms with Crippen LogP contribution < -0.4 is 4.72 Å². The minimum atomic E-state index is -3.65. The molecule has 0 bridgehead atoms. The Labute approximate surface area is 118 Å². The molecule has 1 N–H and O–H groups in total. The number of carbonyl (C=O) groups excluding carboxylic acids is 1. The lowest BCUT2D eigenvalue weighted by Crippen LogP contribution is -2.38. The van der Waals surface area contributed by atoms with Crippen molar-refractivity contribution in [2.45, 2.75) is 31.8 Å². The van der Waals surface area contributed by atoms with Crippen molar-refractivity contribution < 1.29 is 17.9 Å². The second-order valence-electron chi connectivity index (χ2n) is 4.83. The third-order valence-corrected chi connectivity index (χ3v) is 4.39. The number of sulfonamides is 1. The second-order valence-corrected chi connectivity index (χ2v) is 6.60. The first-order chi connectivity index (χ1) is 9.55. The van der Waals surface area contributed by atoms with E-state index in [1.165, 1.54) is 6.20 Å². The molecule has 1 aliphatic heterocycles. The van der Waals surface area contributed by atoms with Crippen LogP contribution in [-0.4, -0.2) is 37.8 Å². The van der Waals surface area contributed by atoms with Gasteiger partial charge in [0.25, 0.3) is 0 Å². The summed E-state index contributed by atoms with van der Waals surface area (Å²) < 4.78 is 31.2. The molecule has 0 aromatic carbocycles. The number of nitrogens with zero attached hydrogens (tertiary/aromatic N) is 1. The first kappa shape index (κ1) is 14.9. The van der Waals surface area contributed by atoms with E-state index >= 15 is 0 Å². The van der Waals surface area contributed by atoms with E-state index < -0.39 is 15.9 Å². The summed E-state index contributed by atoms with van der Waals surface area (Å²) >= 11 is 0. The van der Waals surface area contributed by atoms with E-state index in [0.717, 1.165) is 19.3 Å². The van der Waals surface area contributed by atoms with Crippen LogP contribution >= 0.6 is 0 Å².